The van der Waals surface area contributed by atoms with Gasteiger partial charge in [0.05, 0.1) is 27.4 Å². The Balaban J connectivity index is 2.21. The van der Waals surface area contributed by atoms with Crippen LogP contribution in [-0.2, 0) is 14.0 Å². The Bertz CT molecular complexity index is 680. The van der Waals surface area contributed by atoms with E-state index < -0.39 is 38.5 Å². The van der Waals surface area contributed by atoms with Crippen LogP contribution >= 0.6 is 0 Å². The highest BCUT2D eigenvalue weighted by molar-refractivity contribution is 6.62. The SMILES string of the molecule is [2H]C([2H])([2H])OC([2H])([2H])C([2H])([2H])Oc1cc(B2OC(C)(C)C(C)(C)O2)ccn1. The van der Waals surface area contributed by atoms with Crippen molar-refractivity contribution in [1.29, 1.82) is 0 Å². The minimum Gasteiger partial charge on any atom is -0.475 e. The topological polar surface area (TPSA) is 49.8 Å². The molecule has 2 heterocycles. The molecule has 0 amide bonds. The summed E-state index contributed by atoms with van der Waals surface area (Å²) in [5.74, 6) is -0.273. The van der Waals surface area contributed by atoms with Crippen LogP contribution in [0.3, 0.4) is 0 Å². The van der Waals surface area contributed by atoms with Gasteiger partial charge in [0, 0.05) is 19.3 Å². The molecule has 0 aromatic carbocycles. The molecule has 0 atom stereocenters. The lowest BCUT2D eigenvalue weighted by Gasteiger charge is -2.32. The van der Waals surface area contributed by atoms with E-state index in [2.05, 4.69) is 9.72 Å². The summed E-state index contributed by atoms with van der Waals surface area (Å²) in [7, 11) is -3.89. The molecular formula is C14H22BNO4. The summed E-state index contributed by atoms with van der Waals surface area (Å²) in [6, 6.07) is 2.93. The van der Waals surface area contributed by atoms with E-state index in [0.29, 0.717) is 5.46 Å². The van der Waals surface area contributed by atoms with E-state index in [4.69, 9.17) is 23.6 Å². The zero-order valence-electron chi connectivity index (χ0n) is 18.9. The molecule has 2 rings (SSSR count). The van der Waals surface area contributed by atoms with Crippen molar-refractivity contribution < 1.29 is 28.4 Å². The van der Waals surface area contributed by atoms with Gasteiger partial charge in [-0.3, -0.25) is 0 Å². The van der Waals surface area contributed by atoms with Gasteiger partial charge in [-0.2, -0.15) is 0 Å². The largest absolute Gasteiger partial charge is 0.495 e. The van der Waals surface area contributed by atoms with Crippen LogP contribution in [0.1, 0.15) is 37.3 Å². The predicted octanol–water partition coefficient (Wildman–Crippen LogP) is 1.41. The Labute approximate surface area is 130 Å². The smallest absolute Gasteiger partial charge is 0.475 e. The molecule has 0 radical (unpaired) electrons. The summed E-state index contributed by atoms with van der Waals surface area (Å²) >= 11 is 0. The molecule has 0 saturated carbocycles. The Hall–Kier alpha value is -1.11. The highest BCUT2D eigenvalue weighted by atomic mass is 16.7. The fraction of sp³-hybridized carbons (Fsp3) is 0.643. The van der Waals surface area contributed by atoms with Crippen LogP contribution in [0.15, 0.2) is 18.3 Å². The first-order valence-corrected chi connectivity index (χ1v) is 6.17. The molecule has 20 heavy (non-hydrogen) atoms. The fourth-order valence-electron chi connectivity index (χ4n) is 1.70. The molecule has 1 aliphatic heterocycles. The third kappa shape index (κ3) is 3.14. The maximum Gasteiger partial charge on any atom is 0.495 e. The summed E-state index contributed by atoms with van der Waals surface area (Å²) in [4.78, 5) is 3.84. The van der Waals surface area contributed by atoms with Crippen molar-refractivity contribution in [3.8, 4) is 5.88 Å². The normalized spacial score (nSPS) is 27.4. The molecule has 6 heteroatoms. The molecule has 1 saturated heterocycles. The van der Waals surface area contributed by atoms with Crippen LogP contribution in [0.4, 0.5) is 0 Å². The van der Waals surface area contributed by atoms with Crippen LogP contribution in [0.2, 0.25) is 0 Å². The first-order valence-electron chi connectivity index (χ1n) is 9.67. The number of hydrogen-bond acceptors (Lipinski definition) is 5. The average Bonchev–Trinajstić information content (AvgIpc) is 2.64. The van der Waals surface area contributed by atoms with Crippen LogP contribution in [0, 0.1) is 0 Å². The third-order valence-corrected chi connectivity index (χ3v) is 3.53. The zero-order valence-corrected chi connectivity index (χ0v) is 11.9. The molecule has 110 valence electrons. The molecule has 1 fully saturated rings. The summed E-state index contributed by atoms with van der Waals surface area (Å²) in [6.45, 7) is 1.15. The van der Waals surface area contributed by atoms with Crippen molar-refractivity contribution in [2.45, 2.75) is 38.9 Å². The van der Waals surface area contributed by atoms with Crippen molar-refractivity contribution in [3.63, 3.8) is 0 Å². The van der Waals surface area contributed by atoms with Crippen molar-refractivity contribution >= 4 is 12.6 Å². The lowest BCUT2D eigenvalue weighted by Crippen LogP contribution is -2.41. The van der Waals surface area contributed by atoms with Crippen molar-refractivity contribution in [3.05, 3.63) is 18.3 Å². The minimum atomic E-state index is -3.25. The number of hydrogen-bond donors (Lipinski definition) is 0. The highest BCUT2D eigenvalue weighted by Gasteiger charge is 2.51. The van der Waals surface area contributed by atoms with E-state index in [1.165, 1.54) is 12.3 Å². The third-order valence-electron chi connectivity index (χ3n) is 3.53. The molecule has 0 bridgehead atoms. The van der Waals surface area contributed by atoms with E-state index in [1.807, 2.05) is 27.7 Å². The van der Waals surface area contributed by atoms with E-state index in [0.717, 1.165) is 0 Å². The maximum absolute atomic E-state index is 7.74. The molecule has 0 aliphatic carbocycles. The van der Waals surface area contributed by atoms with Crippen molar-refractivity contribution in [2.75, 3.05) is 20.2 Å². The number of ether oxygens (including phenoxy) is 2. The van der Waals surface area contributed by atoms with Crippen LogP contribution in [-0.4, -0.2) is 43.5 Å². The second-order valence-corrected chi connectivity index (χ2v) is 5.42. The fourth-order valence-corrected chi connectivity index (χ4v) is 1.70. The second-order valence-electron chi connectivity index (χ2n) is 5.42. The zero-order chi connectivity index (χ0) is 20.9. The molecule has 0 unspecified atom stereocenters. The van der Waals surface area contributed by atoms with Crippen LogP contribution < -0.4 is 10.2 Å². The van der Waals surface area contributed by atoms with Crippen LogP contribution in [0.5, 0.6) is 5.88 Å². The maximum atomic E-state index is 7.74. The molecule has 5 nitrogen and oxygen atoms in total. The Morgan fingerprint density at radius 3 is 2.65 bits per heavy atom. The first kappa shape index (κ1) is 8.36. The summed E-state index contributed by atoms with van der Waals surface area (Å²) < 4.78 is 72.5. The van der Waals surface area contributed by atoms with Gasteiger partial charge in [-0.1, -0.05) is 0 Å². The minimum absolute atomic E-state index is 0.273. The lowest BCUT2D eigenvalue weighted by atomic mass is 9.80. The average molecular weight is 286 g/mol. The number of aromatic nitrogens is 1. The van der Waals surface area contributed by atoms with Crippen LogP contribution in [0.25, 0.3) is 0 Å². The van der Waals surface area contributed by atoms with Gasteiger partial charge < -0.3 is 18.8 Å². The second kappa shape index (κ2) is 5.72. The summed E-state index contributed by atoms with van der Waals surface area (Å²) in [6.07, 6.45) is 1.33. The number of rotatable bonds is 5. The van der Waals surface area contributed by atoms with Crippen molar-refractivity contribution in [1.82, 2.24) is 4.98 Å². The van der Waals surface area contributed by atoms with E-state index in [9.17, 15) is 0 Å². The van der Waals surface area contributed by atoms with Gasteiger partial charge in [0.15, 0.2) is 0 Å². The lowest BCUT2D eigenvalue weighted by molar-refractivity contribution is 0.00578. The monoisotopic (exact) mass is 286 g/mol. The molecule has 1 aromatic heterocycles. The number of pyridine rings is 1. The quantitative estimate of drug-likeness (QED) is 0.766. The van der Waals surface area contributed by atoms with Gasteiger partial charge in [-0.25, -0.2) is 4.98 Å². The van der Waals surface area contributed by atoms with Gasteiger partial charge in [0.1, 0.15) is 6.56 Å². The summed E-state index contributed by atoms with van der Waals surface area (Å²) in [5, 5.41) is 0. The predicted molar refractivity (Wildman–Crippen MR) is 77.3 cm³/mol. The van der Waals surface area contributed by atoms with E-state index in [-0.39, 0.29) is 5.88 Å². The van der Waals surface area contributed by atoms with Gasteiger partial charge in [-0.05, 0) is 39.2 Å². The van der Waals surface area contributed by atoms with Gasteiger partial charge in [-0.15, -0.1) is 0 Å². The highest BCUT2D eigenvalue weighted by Crippen LogP contribution is 2.36. The van der Waals surface area contributed by atoms with Crippen molar-refractivity contribution in [2.24, 2.45) is 0 Å². The standard InChI is InChI=1S/C14H22BNO4/c1-13(2)14(3,4)20-15(19-13)11-6-7-16-12(10-11)18-9-8-17-5/h6-7,10H,8-9H2,1-5H3/i5D3,8D2,9D2. The molecule has 1 aliphatic rings. The molecule has 0 N–H and O–H groups in total. The number of methoxy groups -OCH3 is 1. The van der Waals surface area contributed by atoms with Gasteiger partial charge >= 0.3 is 7.12 Å². The molecule has 1 aromatic rings. The first-order chi connectivity index (χ1) is 12.0. The van der Waals surface area contributed by atoms with E-state index >= 15 is 0 Å². The number of nitrogens with zero attached hydrogens (tertiary/aromatic N) is 1. The van der Waals surface area contributed by atoms with Gasteiger partial charge in [0.2, 0.25) is 5.88 Å². The Morgan fingerprint density at radius 2 is 2.00 bits per heavy atom. The van der Waals surface area contributed by atoms with Gasteiger partial charge in [0.25, 0.3) is 0 Å². The molecular weight excluding hydrogens is 257 g/mol. The summed E-state index contributed by atoms with van der Waals surface area (Å²) in [5.41, 5.74) is -0.671. The van der Waals surface area contributed by atoms with E-state index in [1.54, 1.807) is 6.07 Å². The molecule has 0 spiro atoms. The Kier molecular flexibility index (Phi) is 2.39. The Morgan fingerprint density at radius 1 is 1.30 bits per heavy atom.